The van der Waals surface area contributed by atoms with Crippen LogP contribution in [0.3, 0.4) is 0 Å². The Morgan fingerprint density at radius 1 is 1.45 bits per heavy atom. The highest BCUT2D eigenvalue weighted by Gasteiger charge is 2.36. The van der Waals surface area contributed by atoms with Crippen molar-refractivity contribution in [3.05, 3.63) is 46.2 Å². The van der Waals surface area contributed by atoms with E-state index in [9.17, 15) is 9.18 Å². The maximum Gasteiger partial charge on any atom is 0.244 e. The molecule has 0 aliphatic carbocycles. The first kappa shape index (κ1) is 15.1. The van der Waals surface area contributed by atoms with Gasteiger partial charge in [0.2, 0.25) is 5.91 Å². The molecule has 0 saturated carbocycles. The summed E-state index contributed by atoms with van der Waals surface area (Å²) in [7, 11) is 1.94. The molecule has 1 unspecified atom stereocenters. The number of likely N-dealkylation sites (N-methyl/N-ethyl adjacent to an activating group) is 1. The number of carbonyl (C=O) groups excluding carboxylic acids is 1. The average molecular weight is 319 g/mol. The normalized spacial score (nSPS) is 18.5. The van der Waals surface area contributed by atoms with Gasteiger partial charge in [-0.1, -0.05) is 12.1 Å². The van der Waals surface area contributed by atoms with Crippen molar-refractivity contribution >= 4 is 22.9 Å². The number of benzene rings is 1. The van der Waals surface area contributed by atoms with Crippen LogP contribution in [0.2, 0.25) is 0 Å². The highest BCUT2D eigenvalue weighted by Crippen LogP contribution is 2.27. The maximum absolute atomic E-state index is 13.9. The minimum absolute atomic E-state index is 0.0326. The van der Waals surface area contributed by atoms with Crippen LogP contribution in [0.1, 0.15) is 17.0 Å². The summed E-state index contributed by atoms with van der Waals surface area (Å²) in [6, 6.07) is 6.23. The number of hydrogen-bond donors (Lipinski definition) is 0. The minimum Gasteiger partial charge on any atom is -0.308 e. The van der Waals surface area contributed by atoms with Crippen LogP contribution in [0.25, 0.3) is 0 Å². The molecule has 2 aromatic rings. The van der Waals surface area contributed by atoms with E-state index < -0.39 is 0 Å². The summed E-state index contributed by atoms with van der Waals surface area (Å²) >= 11 is 1.60. The molecule has 1 aliphatic rings. The molecule has 0 bridgehead atoms. The van der Waals surface area contributed by atoms with Crippen molar-refractivity contribution in [2.75, 3.05) is 18.5 Å². The van der Waals surface area contributed by atoms with Crippen molar-refractivity contribution in [2.45, 2.75) is 25.9 Å². The van der Waals surface area contributed by atoms with E-state index in [1.54, 1.807) is 34.4 Å². The lowest BCUT2D eigenvalue weighted by atomic mass is 10.2. The van der Waals surface area contributed by atoms with E-state index in [4.69, 9.17) is 0 Å². The number of rotatable bonds is 4. The summed E-state index contributed by atoms with van der Waals surface area (Å²) in [4.78, 5) is 21.6. The fourth-order valence-corrected chi connectivity index (χ4v) is 3.64. The van der Waals surface area contributed by atoms with Gasteiger partial charge in [-0.2, -0.15) is 0 Å². The van der Waals surface area contributed by atoms with Gasteiger partial charge in [0.25, 0.3) is 0 Å². The SMILES string of the molecule is Cc1ncsc1CN(C)C1CCN(c2ccccc2F)C1=O. The van der Waals surface area contributed by atoms with Crippen molar-refractivity contribution < 1.29 is 9.18 Å². The molecule has 1 atom stereocenters. The molecule has 0 N–H and O–H groups in total. The molecule has 3 rings (SSSR count). The van der Waals surface area contributed by atoms with Crippen LogP contribution in [0.15, 0.2) is 29.8 Å². The summed E-state index contributed by atoms with van der Waals surface area (Å²) in [6.45, 7) is 3.22. The number of aryl methyl sites for hydroxylation is 1. The number of anilines is 1. The molecule has 2 heterocycles. The Hall–Kier alpha value is -1.79. The summed E-state index contributed by atoms with van der Waals surface area (Å²) in [5, 5.41) is 0. The van der Waals surface area contributed by atoms with E-state index >= 15 is 0 Å². The third kappa shape index (κ3) is 2.76. The Balaban J connectivity index is 1.73. The first-order valence-electron chi connectivity index (χ1n) is 7.23. The number of halogens is 1. The zero-order valence-corrected chi connectivity index (χ0v) is 13.4. The lowest BCUT2D eigenvalue weighted by Gasteiger charge is -2.23. The first-order valence-corrected chi connectivity index (χ1v) is 8.11. The van der Waals surface area contributed by atoms with Crippen LogP contribution in [-0.4, -0.2) is 35.4 Å². The zero-order chi connectivity index (χ0) is 15.7. The topological polar surface area (TPSA) is 36.4 Å². The highest BCUT2D eigenvalue weighted by molar-refractivity contribution is 7.09. The Labute approximate surface area is 133 Å². The second-order valence-corrected chi connectivity index (χ2v) is 6.46. The van der Waals surface area contributed by atoms with Gasteiger partial charge in [-0.05, 0) is 32.5 Å². The fraction of sp³-hybridized carbons (Fsp3) is 0.375. The molecule has 0 spiro atoms. The van der Waals surface area contributed by atoms with Gasteiger partial charge in [0.15, 0.2) is 0 Å². The number of amides is 1. The van der Waals surface area contributed by atoms with Gasteiger partial charge in [0, 0.05) is 18.0 Å². The number of aromatic nitrogens is 1. The maximum atomic E-state index is 13.9. The van der Waals surface area contributed by atoms with E-state index in [0.29, 0.717) is 25.2 Å². The van der Waals surface area contributed by atoms with Crippen LogP contribution < -0.4 is 4.90 Å². The molecule has 1 aliphatic heterocycles. The molecule has 0 radical (unpaired) electrons. The largest absolute Gasteiger partial charge is 0.308 e. The summed E-state index contributed by atoms with van der Waals surface area (Å²) < 4.78 is 13.9. The number of nitrogens with zero attached hydrogens (tertiary/aromatic N) is 3. The molecule has 22 heavy (non-hydrogen) atoms. The molecular weight excluding hydrogens is 301 g/mol. The number of carbonyl (C=O) groups is 1. The molecule has 1 saturated heterocycles. The molecule has 1 aromatic heterocycles. The Morgan fingerprint density at radius 2 is 2.23 bits per heavy atom. The first-order chi connectivity index (χ1) is 10.6. The van der Waals surface area contributed by atoms with Crippen molar-refractivity contribution in [2.24, 2.45) is 0 Å². The monoisotopic (exact) mass is 319 g/mol. The van der Waals surface area contributed by atoms with Crippen LogP contribution in [0.5, 0.6) is 0 Å². The number of hydrogen-bond acceptors (Lipinski definition) is 4. The van der Waals surface area contributed by atoms with E-state index in [1.165, 1.54) is 10.9 Å². The molecule has 116 valence electrons. The van der Waals surface area contributed by atoms with Crippen molar-refractivity contribution in [3.8, 4) is 0 Å². The van der Waals surface area contributed by atoms with Gasteiger partial charge in [-0.15, -0.1) is 11.3 Å². The predicted molar refractivity (Wildman–Crippen MR) is 85.5 cm³/mol. The standard InChI is InChI=1S/C16H18FN3OS/c1-11-15(22-10-18-11)9-19(2)14-7-8-20(16(14)21)13-6-4-3-5-12(13)17/h3-6,10,14H,7-9H2,1-2H3. The van der Waals surface area contributed by atoms with Gasteiger partial charge < -0.3 is 4.90 Å². The average Bonchev–Trinajstić information content (AvgIpc) is 3.06. The van der Waals surface area contributed by atoms with Crippen molar-refractivity contribution in [1.29, 1.82) is 0 Å². The quantitative estimate of drug-likeness (QED) is 0.869. The van der Waals surface area contributed by atoms with E-state index in [0.717, 1.165) is 5.69 Å². The third-order valence-corrected chi connectivity index (χ3v) is 5.01. The van der Waals surface area contributed by atoms with Crippen molar-refractivity contribution in [1.82, 2.24) is 9.88 Å². The van der Waals surface area contributed by atoms with Gasteiger partial charge in [0.05, 0.1) is 22.9 Å². The van der Waals surface area contributed by atoms with Crippen LogP contribution in [0.4, 0.5) is 10.1 Å². The lowest BCUT2D eigenvalue weighted by Crippen LogP contribution is -2.39. The number of para-hydroxylation sites is 1. The van der Waals surface area contributed by atoms with Gasteiger partial charge in [-0.3, -0.25) is 9.69 Å². The Bertz CT molecular complexity index is 688. The molecule has 6 heteroatoms. The summed E-state index contributed by atoms with van der Waals surface area (Å²) in [6.07, 6.45) is 0.710. The van der Waals surface area contributed by atoms with Crippen LogP contribution in [-0.2, 0) is 11.3 Å². The number of thiazole rings is 1. The zero-order valence-electron chi connectivity index (χ0n) is 12.6. The second kappa shape index (κ2) is 6.14. The highest BCUT2D eigenvalue weighted by atomic mass is 32.1. The van der Waals surface area contributed by atoms with Crippen LogP contribution in [0, 0.1) is 12.7 Å². The minimum atomic E-state index is -0.350. The van der Waals surface area contributed by atoms with E-state index in [2.05, 4.69) is 4.98 Å². The molecule has 1 amide bonds. The van der Waals surface area contributed by atoms with Gasteiger partial charge in [0.1, 0.15) is 5.82 Å². The summed E-state index contributed by atoms with van der Waals surface area (Å²) in [5.41, 5.74) is 3.20. The van der Waals surface area contributed by atoms with Crippen molar-refractivity contribution in [3.63, 3.8) is 0 Å². The van der Waals surface area contributed by atoms with Gasteiger partial charge in [-0.25, -0.2) is 9.37 Å². The molecule has 1 aromatic carbocycles. The second-order valence-electron chi connectivity index (χ2n) is 5.52. The molecule has 1 fully saturated rings. The van der Waals surface area contributed by atoms with Crippen LogP contribution >= 0.6 is 11.3 Å². The van der Waals surface area contributed by atoms with Gasteiger partial charge >= 0.3 is 0 Å². The molecule has 4 nitrogen and oxygen atoms in total. The third-order valence-electron chi connectivity index (χ3n) is 4.09. The van der Waals surface area contributed by atoms with E-state index in [1.807, 2.05) is 24.4 Å². The smallest absolute Gasteiger partial charge is 0.244 e. The Kier molecular flexibility index (Phi) is 4.22. The Morgan fingerprint density at radius 3 is 2.91 bits per heavy atom. The lowest BCUT2D eigenvalue weighted by molar-refractivity contribution is -0.121. The molecular formula is C16H18FN3OS. The fourth-order valence-electron chi connectivity index (χ4n) is 2.80. The predicted octanol–water partition coefficient (Wildman–Crippen LogP) is 2.83. The summed E-state index contributed by atoms with van der Waals surface area (Å²) in [5.74, 6) is -0.382. The van der Waals surface area contributed by atoms with E-state index in [-0.39, 0.29) is 17.8 Å².